The Morgan fingerprint density at radius 3 is 2.05 bits per heavy atom. The lowest BCUT2D eigenvalue weighted by Crippen LogP contribution is -2.31. The molecule has 0 unspecified atom stereocenters. The van der Waals surface area contributed by atoms with Crippen LogP contribution in [-0.2, 0) is 17.6 Å². The SMILES string of the molecule is CCc1cccc(CC)c1NCCC(=O)N(CC)CC. The van der Waals surface area contributed by atoms with Gasteiger partial charge < -0.3 is 10.2 Å². The van der Waals surface area contributed by atoms with Crippen molar-refractivity contribution in [3.63, 3.8) is 0 Å². The van der Waals surface area contributed by atoms with Gasteiger partial charge in [0.1, 0.15) is 0 Å². The van der Waals surface area contributed by atoms with Crippen LogP contribution < -0.4 is 5.32 Å². The molecular weight excluding hydrogens is 248 g/mol. The Bertz CT molecular complexity index is 403. The highest BCUT2D eigenvalue weighted by Gasteiger charge is 2.10. The van der Waals surface area contributed by atoms with Crippen molar-refractivity contribution in [2.75, 3.05) is 25.0 Å². The van der Waals surface area contributed by atoms with Crippen LogP contribution in [0.25, 0.3) is 0 Å². The molecule has 3 nitrogen and oxygen atoms in total. The lowest BCUT2D eigenvalue weighted by atomic mass is 10.0. The third-order valence-electron chi connectivity index (χ3n) is 3.76. The number of nitrogens with one attached hydrogen (secondary N) is 1. The summed E-state index contributed by atoms with van der Waals surface area (Å²) in [6.45, 7) is 10.7. The summed E-state index contributed by atoms with van der Waals surface area (Å²) in [5.74, 6) is 0.231. The zero-order chi connectivity index (χ0) is 15.0. The zero-order valence-electron chi connectivity index (χ0n) is 13.3. The number of anilines is 1. The first kappa shape index (κ1) is 16.5. The fraction of sp³-hybridized carbons (Fsp3) is 0.588. The number of aryl methyl sites for hydroxylation is 2. The quantitative estimate of drug-likeness (QED) is 0.788. The van der Waals surface area contributed by atoms with Crippen molar-refractivity contribution in [3.05, 3.63) is 29.3 Å². The van der Waals surface area contributed by atoms with Crippen LogP contribution in [0, 0.1) is 0 Å². The highest BCUT2D eigenvalue weighted by molar-refractivity contribution is 5.76. The summed E-state index contributed by atoms with van der Waals surface area (Å²) in [5, 5.41) is 3.47. The van der Waals surface area contributed by atoms with Crippen molar-refractivity contribution in [2.24, 2.45) is 0 Å². The monoisotopic (exact) mass is 276 g/mol. The van der Waals surface area contributed by atoms with E-state index in [0.29, 0.717) is 13.0 Å². The molecule has 0 aliphatic heterocycles. The lowest BCUT2D eigenvalue weighted by molar-refractivity contribution is -0.130. The number of benzene rings is 1. The Morgan fingerprint density at radius 1 is 1.05 bits per heavy atom. The summed E-state index contributed by atoms with van der Waals surface area (Å²) in [6, 6.07) is 6.44. The van der Waals surface area contributed by atoms with Gasteiger partial charge in [-0.05, 0) is 37.8 Å². The number of amides is 1. The lowest BCUT2D eigenvalue weighted by Gasteiger charge is -2.20. The van der Waals surface area contributed by atoms with E-state index in [9.17, 15) is 4.79 Å². The first-order chi connectivity index (χ1) is 9.67. The average molecular weight is 276 g/mol. The number of hydrogen-bond acceptors (Lipinski definition) is 2. The first-order valence-corrected chi connectivity index (χ1v) is 7.80. The first-order valence-electron chi connectivity index (χ1n) is 7.80. The number of carbonyl (C=O) groups excluding carboxylic acids is 1. The Kier molecular flexibility index (Phi) is 7.13. The Morgan fingerprint density at radius 2 is 1.60 bits per heavy atom. The summed E-state index contributed by atoms with van der Waals surface area (Å²) in [7, 11) is 0. The van der Waals surface area contributed by atoms with E-state index in [1.54, 1.807) is 0 Å². The zero-order valence-corrected chi connectivity index (χ0v) is 13.3. The van der Waals surface area contributed by atoms with Gasteiger partial charge in [-0.3, -0.25) is 4.79 Å². The van der Waals surface area contributed by atoms with Crippen molar-refractivity contribution in [3.8, 4) is 0 Å². The van der Waals surface area contributed by atoms with Gasteiger partial charge in [0.25, 0.3) is 0 Å². The molecule has 1 aromatic carbocycles. The molecule has 0 saturated heterocycles. The highest BCUT2D eigenvalue weighted by Crippen LogP contribution is 2.22. The maximum absolute atomic E-state index is 12.0. The summed E-state index contributed by atoms with van der Waals surface area (Å²) in [4.78, 5) is 13.9. The van der Waals surface area contributed by atoms with E-state index in [4.69, 9.17) is 0 Å². The molecule has 1 aromatic rings. The van der Waals surface area contributed by atoms with Gasteiger partial charge in [0.15, 0.2) is 0 Å². The maximum atomic E-state index is 12.0. The van der Waals surface area contributed by atoms with Crippen molar-refractivity contribution in [2.45, 2.75) is 47.0 Å². The molecule has 0 spiro atoms. The van der Waals surface area contributed by atoms with Gasteiger partial charge in [-0.2, -0.15) is 0 Å². The fourth-order valence-electron chi connectivity index (χ4n) is 2.50. The summed E-state index contributed by atoms with van der Waals surface area (Å²) < 4.78 is 0. The van der Waals surface area contributed by atoms with Gasteiger partial charge in [0.05, 0.1) is 0 Å². The number of hydrogen-bond donors (Lipinski definition) is 1. The normalized spacial score (nSPS) is 10.4. The molecule has 0 aliphatic rings. The molecule has 20 heavy (non-hydrogen) atoms. The Hall–Kier alpha value is -1.51. The topological polar surface area (TPSA) is 32.3 Å². The molecule has 0 atom stereocenters. The minimum absolute atomic E-state index is 0.231. The van der Waals surface area contributed by atoms with Crippen LogP contribution in [-0.4, -0.2) is 30.4 Å². The van der Waals surface area contributed by atoms with Crippen molar-refractivity contribution in [1.82, 2.24) is 4.90 Å². The van der Waals surface area contributed by atoms with Crippen LogP contribution in [0.4, 0.5) is 5.69 Å². The van der Waals surface area contributed by atoms with Gasteiger partial charge in [-0.1, -0.05) is 32.0 Å². The van der Waals surface area contributed by atoms with Crippen LogP contribution in [0.15, 0.2) is 18.2 Å². The predicted octanol–water partition coefficient (Wildman–Crippen LogP) is 3.48. The minimum Gasteiger partial charge on any atom is -0.384 e. The second-order valence-corrected chi connectivity index (χ2v) is 4.90. The van der Waals surface area contributed by atoms with Gasteiger partial charge >= 0.3 is 0 Å². The number of carbonyl (C=O) groups is 1. The predicted molar refractivity (Wildman–Crippen MR) is 86.2 cm³/mol. The highest BCUT2D eigenvalue weighted by atomic mass is 16.2. The van der Waals surface area contributed by atoms with Crippen LogP contribution in [0.3, 0.4) is 0 Å². The molecule has 0 saturated carbocycles. The van der Waals surface area contributed by atoms with Gasteiger partial charge in [-0.15, -0.1) is 0 Å². The summed E-state index contributed by atoms with van der Waals surface area (Å²) in [5.41, 5.74) is 3.89. The van der Waals surface area contributed by atoms with E-state index in [1.807, 2.05) is 18.7 Å². The standard InChI is InChI=1S/C17H28N2O/c1-5-14-10-9-11-15(6-2)17(14)18-13-12-16(20)19(7-3)8-4/h9-11,18H,5-8,12-13H2,1-4H3. The molecule has 0 heterocycles. The average Bonchev–Trinajstić information content (AvgIpc) is 2.48. The maximum Gasteiger partial charge on any atom is 0.224 e. The van der Waals surface area contributed by atoms with E-state index >= 15 is 0 Å². The van der Waals surface area contributed by atoms with E-state index < -0.39 is 0 Å². The molecule has 0 fully saturated rings. The summed E-state index contributed by atoms with van der Waals surface area (Å²) in [6.07, 6.45) is 2.59. The molecule has 3 heteroatoms. The Labute approximate surface area is 123 Å². The van der Waals surface area contributed by atoms with Gasteiger partial charge in [-0.25, -0.2) is 0 Å². The van der Waals surface area contributed by atoms with Crippen LogP contribution in [0.5, 0.6) is 0 Å². The third-order valence-corrected chi connectivity index (χ3v) is 3.76. The van der Waals surface area contributed by atoms with Gasteiger partial charge in [0.2, 0.25) is 5.91 Å². The van der Waals surface area contributed by atoms with Crippen LogP contribution in [0.2, 0.25) is 0 Å². The second kappa shape index (κ2) is 8.62. The van der Waals surface area contributed by atoms with Crippen molar-refractivity contribution < 1.29 is 4.79 Å². The van der Waals surface area contributed by atoms with E-state index in [1.165, 1.54) is 16.8 Å². The largest absolute Gasteiger partial charge is 0.384 e. The molecular formula is C17H28N2O. The molecule has 0 aliphatic carbocycles. The van der Waals surface area contributed by atoms with Crippen LogP contribution >= 0.6 is 0 Å². The number of nitrogens with zero attached hydrogens (tertiary/aromatic N) is 1. The smallest absolute Gasteiger partial charge is 0.224 e. The van der Waals surface area contributed by atoms with Crippen LogP contribution in [0.1, 0.15) is 45.2 Å². The van der Waals surface area contributed by atoms with Crippen molar-refractivity contribution in [1.29, 1.82) is 0 Å². The molecule has 0 bridgehead atoms. The number of para-hydroxylation sites is 1. The number of rotatable bonds is 8. The fourth-order valence-corrected chi connectivity index (χ4v) is 2.50. The minimum atomic E-state index is 0.231. The summed E-state index contributed by atoms with van der Waals surface area (Å²) >= 11 is 0. The van der Waals surface area contributed by atoms with Crippen molar-refractivity contribution >= 4 is 11.6 Å². The van der Waals surface area contributed by atoms with E-state index in [-0.39, 0.29) is 5.91 Å². The Balaban J connectivity index is 2.64. The second-order valence-electron chi connectivity index (χ2n) is 4.90. The molecule has 112 valence electrons. The molecule has 1 amide bonds. The molecule has 0 aromatic heterocycles. The molecule has 1 N–H and O–H groups in total. The molecule has 0 radical (unpaired) electrons. The van der Waals surface area contributed by atoms with E-state index in [2.05, 4.69) is 37.4 Å². The van der Waals surface area contributed by atoms with E-state index in [0.717, 1.165) is 25.9 Å². The molecule has 1 rings (SSSR count). The van der Waals surface area contributed by atoms with Gasteiger partial charge in [0, 0.05) is 31.7 Å². The third kappa shape index (κ3) is 4.26.